The molecule has 0 saturated heterocycles. The molecule has 2 aromatic carbocycles. The quantitative estimate of drug-likeness (QED) is 0.426. The van der Waals surface area contributed by atoms with Crippen molar-refractivity contribution in [2.75, 3.05) is 0 Å². The molecule has 0 radical (unpaired) electrons. The Morgan fingerprint density at radius 3 is 2.39 bits per heavy atom. The Bertz CT molecular complexity index is 1140. The van der Waals surface area contributed by atoms with Gasteiger partial charge in [-0.2, -0.15) is 0 Å². The second kappa shape index (κ2) is 9.47. The number of aryl methyl sites for hydroxylation is 1. The van der Waals surface area contributed by atoms with Crippen LogP contribution in [-0.4, -0.2) is 17.3 Å². The van der Waals surface area contributed by atoms with E-state index >= 15 is 0 Å². The number of benzene rings is 2. The highest BCUT2D eigenvalue weighted by Gasteiger charge is 2.31. The van der Waals surface area contributed by atoms with E-state index in [-0.39, 0.29) is 11.6 Å². The van der Waals surface area contributed by atoms with Gasteiger partial charge in [-0.1, -0.05) is 6.92 Å². The van der Waals surface area contributed by atoms with E-state index in [1.807, 2.05) is 6.92 Å². The van der Waals surface area contributed by atoms with Crippen molar-refractivity contribution >= 4 is 5.91 Å². The lowest BCUT2D eigenvalue weighted by molar-refractivity contribution is -0.274. The highest BCUT2D eigenvalue weighted by Crippen LogP contribution is 2.33. The number of primary amides is 1. The SMILES string of the molecule is CCCc1oc(C(C)Oc2ccc(F)c(C(N)=O)c2F)nc1-c1ccc(OC(F)(F)F)cc1. The van der Waals surface area contributed by atoms with Crippen molar-refractivity contribution in [1.82, 2.24) is 4.98 Å². The number of hydrogen-bond acceptors (Lipinski definition) is 5. The van der Waals surface area contributed by atoms with E-state index < -0.39 is 41.3 Å². The summed E-state index contributed by atoms with van der Waals surface area (Å²) in [5.41, 5.74) is 4.93. The standard InChI is InChI=1S/C22H19F5N2O4/c1-3-4-16-19(12-5-7-13(8-6-12)33-22(25,26)27)29-21(32-16)11(2)31-15-10-9-14(23)17(18(15)24)20(28)30/h5-11H,3-4H2,1-2H3,(H2,28,30). The predicted molar refractivity (Wildman–Crippen MR) is 107 cm³/mol. The summed E-state index contributed by atoms with van der Waals surface area (Å²) in [4.78, 5) is 15.7. The average Bonchev–Trinajstić information content (AvgIpc) is 3.14. The van der Waals surface area contributed by atoms with Crippen LogP contribution >= 0.6 is 0 Å². The minimum Gasteiger partial charge on any atom is -0.478 e. The molecule has 6 nitrogen and oxygen atoms in total. The molecule has 176 valence electrons. The minimum absolute atomic E-state index is 0.0495. The molecule has 1 unspecified atom stereocenters. The first kappa shape index (κ1) is 24.0. The van der Waals surface area contributed by atoms with Crippen LogP contribution < -0.4 is 15.2 Å². The predicted octanol–water partition coefficient (Wildman–Crippen LogP) is 5.71. The Hall–Kier alpha value is -3.63. The first-order chi connectivity index (χ1) is 15.5. The molecule has 0 aliphatic heterocycles. The number of nitrogens with zero attached hydrogens (tertiary/aromatic N) is 1. The third-order valence-electron chi connectivity index (χ3n) is 4.51. The monoisotopic (exact) mass is 470 g/mol. The van der Waals surface area contributed by atoms with E-state index in [9.17, 15) is 26.7 Å². The zero-order valence-corrected chi connectivity index (χ0v) is 17.5. The van der Waals surface area contributed by atoms with Crippen LogP contribution in [0.1, 0.15) is 48.4 Å². The van der Waals surface area contributed by atoms with E-state index in [2.05, 4.69) is 9.72 Å². The Morgan fingerprint density at radius 2 is 1.82 bits per heavy atom. The van der Waals surface area contributed by atoms with Gasteiger partial charge in [0.1, 0.15) is 28.6 Å². The smallest absolute Gasteiger partial charge is 0.478 e. The van der Waals surface area contributed by atoms with Gasteiger partial charge in [-0.3, -0.25) is 4.79 Å². The summed E-state index contributed by atoms with van der Waals surface area (Å²) >= 11 is 0. The second-order valence-electron chi connectivity index (χ2n) is 7.00. The molecule has 3 aromatic rings. The number of ether oxygens (including phenoxy) is 2. The van der Waals surface area contributed by atoms with Crippen molar-refractivity contribution in [3.63, 3.8) is 0 Å². The fourth-order valence-corrected chi connectivity index (χ4v) is 3.07. The van der Waals surface area contributed by atoms with Gasteiger partial charge >= 0.3 is 6.36 Å². The lowest BCUT2D eigenvalue weighted by Crippen LogP contribution is -2.17. The van der Waals surface area contributed by atoms with Crippen molar-refractivity contribution in [1.29, 1.82) is 0 Å². The van der Waals surface area contributed by atoms with Crippen LogP contribution in [0.2, 0.25) is 0 Å². The maximum atomic E-state index is 14.5. The number of aromatic nitrogens is 1. The number of alkyl halides is 3. The van der Waals surface area contributed by atoms with Gasteiger partial charge in [0.05, 0.1) is 0 Å². The zero-order valence-electron chi connectivity index (χ0n) is 17.5. The number of carbonyl (C=O) groups excluding carboxylic acids is 1. The summed E-state index contributed by atoms with van der Waals surface area (Å²) in [5, 5.41) is 0. The molecular formula is C22H19F5N2O4. The van der Waals surface area contributed by atoms with Gasteiger partial charge in [-0.05, 0) is 49.7 Å². The van der Waals surface area contributed by atoms with Crippen molar-refractivity contribution in [2.24, 2.45) is 5.73 Å². The third kappa shape index (κ3) is 5.60. The molecule has 11 heteroatoms. The highest BCUT2D eigenvalue weighted by molar-refractivity contribution is 5.93. The summed E-state index contributed by atoms with van der Waals surface area (Å²) in [5.74, 6) is -3.98. The van der Waals surface area contributed by atoms with Crippen LogP contribution in [0, 0.1) is 11.6 Å². The number of halogens is 5. The molecule has 3 rings (SSSR count). The largest absolute Gasteiger partial charge is 0.573 e. The summed E-state index contributed by atoms with van der Waals surface area (Å²) in [6.45, 7) is 3.39. The van der Waals surface area contributed by atoms with Crippen LogP contribution in [0.3, 0.4) is 0 Å². The fraction of sp³-hybridized carbons (Fsp3) is 0.273. The Labute approximate surface area is 185 Å². The number of rotatable bonds is 8. The van der Waals surface area contributed by atoms with Gasteiger partial charge in [0, 0.05) is 12.0 Å². The van der Waals surface area contributed by atoms with E-state index in [4.69, 9.17) is 14.9 Å². The van der Waals surface area contributed by atoms with E-state index in [1.165, 1.54) is 19.1 Å². The zero-order chi connectivity index (χ0) is 24.3. The summed E-state index contributed by atoms with van der Waals surface area (Å²) in [7, 11) is 0. The number of hydrogen-bond donors (Lipinski definition) is 1. The molecule has 1 aromatic heterocycles. The average molecular weight is 470 g/mol. The second-order valence-corrected chi connectivity index (χ2v) is 7.00. The van der Waals surface area contributed by atoms with Gasteiger partial charge in [-0.15, -0.1) is 13.2 Å². The molecule has 1 heterocycles. The lowest BCUT2D eigenvalue weighted by atomic mass is 10.1. The third-order valence-corrected chi connectivity index (χ3v) is 4.51. The topological polar surface area (TPSA) is 87.6 Å². The van der Waals surface area contributed by atoms with Gasteiger partial charge in [0.25, 0.3) is 5.91 Å². The maximum absolute atomic E-state index is 14.5. The molecule has 1 atom stereocenters. The normalized spacial score (nSPS) is 12.5. The van der Waals surface area contributed by atoms with Crippen LogP contribution in [0.4, 0.5) is 22.0 Å². The molecule has 0 aliphatic rings. The first-order valence-corrected chi connectivity index (χ1v) is 9.80. The Kier molecular flexibility index (Phi) is 6.89. The Balaban J connectivity index is 1.89. The first-order valence-electron chi connectivity index (χ1n) is 9.80. The molecule has 33 heavy (non-hydrogen) atoms. The number of carbonyl (C=O) groups is 1. The summed E-state index contributed by atoms with van der Waals surface area (Å²) < 4.78 is 80.4. The molecular weight excluding hydrogens is 451 g/mol. The van der Waals surface area contributed by atoms with Gasteiger partial charge < -0.3 is 19.6 Å². The van der Waals surface area contributed by atoms with Crippen molar-refractivity contribution in [3.05, 3.63) is 65.2 Å². The molecule has 0 spiro atoms. The number of oxazole rings is 1. The van der Waals surface area contributed by atoms with Gasteiger partial charge in [-0.25, -0.2) is 13.8 Å². The fourth-order valence-electron chi connectivity index (χ4n) is 3.07. The van der Waals surface area contributed by atoms with Gasteiger partial charge in [0.2, 0.25) is 5.89 Å². The molecule has 0 saturated carbocycles. The van der Waals surface area contributed by atoms with Crippen LogP contribution in [0.15, 0.2) is 40.8 Å². The maximum Gasteiger partial charge on any atom is 0.573 e. The minimum atomic E-state index is -4.81. The Morgan fingerprint density at radius 1 is 1.15 bits per heavy atom. The lowest BCUT2D eigenvalue weighted by Gasteiger charge is -2.13. The van der Waals surface area contributed by atoms with Crippen molar-refractivity contribution < 1.29 is 40.6 Å². The highest BCUT2D eigenvalue weighted by atomic mass is 19.4. The number of amides is 1. The van der Waals surface area contributed by atoms with Crippen molar-refractivity contribution in [2.45, 2.75) is 39.2 Å². The van der Waals surface area contributed by atoms with Crippen LogP contribution in [-0.2, 0) is 6.42 Å². The molecule has 0 fully saturated rings. The number of nitrogens with two attached hydrogens (primary N) is 1. The van der Waals surface area contributed by atoms with Crippen LogP contribution in [0.5, 0.6) is 11.5 Å². The van der Waals surface area contributed by atoms with E-state index in [0.29, 0.717) is 29.9 Å². The summed E-state index contributed by atoms with van der Waals surface area (Å²) in [6, 6.07) is 6.93. The molecule has 1 amide bonds. The van der Waals surface area contributed by atoms with Crippen LogP contribution in [0.25, 0.3) is 11.3 Å². The van der Waals surface area contributed by atoms with E-state index in [0.717, 1.165) is 24.3 Å². The summed E-state index contributed by atoms with van der Waals surface area (Å²) in [6.07, 6.45) is -4.62. The molecule has 0 aliphatic carbocycles. The van der Waals surface area contributed by atoms with E-state index in [1.54, 1.807) is 0 Å². The van der Waals surface area contributed by atoms with Gasteiger partial charge in [0.15, 0.2) is 17.7 Å². The van der Waals surface area contributed by atoms with Crippen molar-refractivity contribution in [3.8, 4) is 22.8 Å². The molecule has 2 N–H and O–H groups in total. The molecule has 0 bridgehead atoms.